The number of ether oxygens (including phenoxy) is 1. The molecule has 0 aliphatic carbocycles. The monoisotopic (exact) mass is 421 g/mol. The molecule has 7 heteroatoms. The highest BCUT2D eigenvalue weighted by atomic mass is 16.5. The Morgan fingerprint density at radius 1 is 1.00 bits per heavy atom. The third kappa shape index (κ3) is 4.77. The number of carbonyl (C=O) groups is 3. The summed E-state index contributed by atoms with van der Waals surface area (Å²) < 4.78 is 5.52. The second-order valence-corrected chi connectivity index (χ2v) is 8.09. The van der Waals surface area contributed by atoms with Gasteiger partial charge in [-0.05, 0) is 43.0 Å². The number of carbonyl (C=O) groups excluding carboxylic acids is 3. The lowest BCUT2D eigenvalue weighted by Crippen LogP contribution is -2.47. The standard InChI is InChI=1S/C24H27N3O4/c28-21-10-5-13-27(21)20-9-4-8-19(16-20)26-23(30)22(29)25-17-24(11-14-31-15-12-24)18-6-2-1-3-7-18/h1-4,6-9,16H,5,10-15,17H2,(H,25,29)(H,26,30). The highest BCUT2D eigenvalue weighted by molar-refractivity contribution is 6.39. The van der Waals surface area contributed by atoms with Gasteiger partial charge < -0.3 is 20.3 Å². The van der Waals surface area contributed by atoms with Crippen LogP contribution in [0.4, 0.5) is 11.4 Å². The van der Waals surface area contributed by atoms with E-state index in [0.29, 0.717) is 38.4 Å². The highest BCUT2D eigenvalue weighted by Gasteiger charge is 2.35. The molecule has 0 atom stereocenters. The minimum Gasteiger partial charge on any atom is -0.381 e. The van der Waals surface area contributed by atoms with E-state index >= 15 is 0 Å². The minimum atomic E-state index is -0.722. The van der Waals surface area contributed by atoms with Gasteiger partial charge in [0.25, 0.3) is 0 Å². The molecule has 0 bridgehead atoms. The van der Waals surface area contributed by atoms with Crippen LogP contribution in [0.2, 0.25) is 0 Å². The SMILES string of the molecule is O=C(NCC1(c2ccccc2)CCOCC1)C(=O)Nc1cccc(N2CCCC2=O)c1. The Kier molecular flexibility index (Phi) is 6.32. The van der Waals surface area contributed by atoms with Gasteiger partial charge in [0.05, 0.1) is 0 Å². The Bertz CT molecular complexity index is 954. The number of nitrogens with one attached hydrogen (secondary N) is 2. The van der Waals surface area contributed by atoms with E-state index in [9.17, 15) is 14.4 Å². The van der Waals surface area contributed by atoms with Crippen molar-refractivity contribution in [1.29, 1.82) is 0 Å². The van der Waals surface area contributed by atoms with Crippen LogP contribution in [0.1, 0.15) is 31.2 Å². The average Bonchev–Trinajstić information content (AvgIpc) is 3.24. The Morgan fingerprint density at radius 3 is 2.48 bits per heavy atom. The Morgan fingerprint density at radius 2 is 1.77 bits per heavy atom. The van der Waals surface area contributed by atoms with E-state index < -0.39 is 11.8 Å². The van der Waals surface area contributed by atoms with Crippen LogP contribution in [0, 0.1) is 0 Å². The fourth-order valence-electron chi connectivity index (χ4n) is 4.31. The van der Waals surface area contributed by atoms with E-state index in [1.165, 1.54) is 0 Å². The first-order valence-electron chi connectivity index (χ1n) is 10.7. The van der Waals surface area contributed by atoms with Crippen LogP contribution in [-0.4, -0.2) is 44.0 Å². The topological polar surface area (TPSA) is 87.7 Å². The minimum absolute atomic E-state index is 0.0730. The zero-order chi connectivity index (χ0) is 21.7. The number of hydrogen-bond donors (Lipinski definition) is 2. The van der Waals surface area contributed by atoms with Crippen molar-refractivity contribution in [3.8, 4) is 0 Å². The number of benzene rings is 2. The first-order chi connectivity index (χ1) is 15.1. The van der Waals surface area contributed by atoms with Crippen molar-refractivity contribution in [2.75, 3.05) is 36.5 Å². The van der Waals surface area contributed by atoms with Crippen molar-refractivity contribution in [2.45, 2.75) is 31.1 Å². The first kappa shape index (κ1) is 21.1. The number of amides is 3. The highest BCUT2D eigenvalue weighted by Crippen LogP contribution is 2.34. The van der Waals surface area contributed by atoms with E-state index in [0.717, 1.165) is 30.5 Å². The molecule has 2 aromatic carbocycles. The summed E-state index contributed by atoms with van der Waals surface area (Å²) in [6, 6.07) is 17.1. The average molecular weight is 421 g/mol. The maximum Gasteiger partial charge on any atom is 0.313 e. The molecule has 2 N–H and O–H groups in total. The molecule has 2 aliphatic rings. The largest absolute Gasteiger partial charge is 0.381 e. The van der Waals surface area contributed by atoms with Gasteiger partial charge in [0.1, 0.15) is 0 Å². The summed E-state index contributed by atoms with van der Waals surface area (Å²) in [4.78, 5) is 38.7. The van der Waals surface area contributed by atoms with E-state index in [2.05, 4.69) is 22.8 Å². The summed E-state index contributed by atoms with van der Waals surface area (Å²) in [6.45, 7) is 2.29. The zero-order valence-electron chi connectivity index (χ0n) is 17.4. The van der Waals surface area contributed by atoms with Crippen molar-refractivity contribution in [3.63, 3.8) is 0 Å². The molecule has 0 unspecified atom stereocenters. The van der Waals surface area contributed by atoms with Crippen molar-refractivity contribution < 1.29 is 19.1 Å². The molecular formula is C24H27N3O4. The van der Waals surface area contributed by atoms with Gasteiger partial charge in [0.15, 0.2) is 0 Å². The van der Waals surface area contributed by atoms with E-state index in [1.54, 1.807) is 23.1 Å². The van der Waals surface area contributed by atoms with Gasteiger partial charge in [0.2, 0.25) is 5.91 Å². The van der Waals surface area contributed by atoms with Gasteiger partial charge in [-0.25, -0.2) is 0 Å². The molecular weight excluding hydrogens is 394 g/mol. The quantitative estimate of drug-likeness (QED) is 0.727. The van der Waals surface area contributed by atoms with Gasteiger partial charge in [-0.1, -0.05) is 36.4 Å². The molecule has 162 valence electrons. The van der Waals surface area contributed by atoms with Crippen LogP contribution in [0.5, 0.6) is 0 Å². The molecule has 2 fully saturated rings. The van der Waals surface area contributed by atoms with Crippen LogP contribution < -0.4 is 15.5 Å². The van der Waals surface area contributed by atoms with Crippen LogP contribution in [0.25, 0.3) is 0 Å². The molecule has 2 aromatic rings. The fraction of sp³-hybridized carbons (Fsp3) is 0.375. The molecule has 2 aliphatic heterocycles. The van der Waals surface area contributed by atoms with Crippen molar-refractivity contribution in [1.82, 2.24) is 5.32 Å². The molecule has 0 aromatic heterocycles. The van der Waals surface area contributed by atoms with Gasteiger partial charge in [-0.2, -0.15) is 0 Å². The molecule has 0 saturated carbocycles. The number of anilines is 2. The van der Waals surface area contributed by atoms with Crippen LogP contribution in [0.15, 0.2) is 54.6 Å². The third-order valence-electron chi connectivity index (χ3n) is 6.12. The van der Waals surface area contributed by atoms with Gasteiger partial charge >= 0.3 is 11.8 Å². The van der Waals surface area contributed by atoms with Crippen molar-refractivity contribution in [3.05, 3.63) is 60.2 Å². The second kappa shape index (κ2) is 9.31. The lowest BCUT2D eigenvalue weighted by atomic mass is 9.74. The van der Waals surface area contributed by atoms with Crippen molar-refractivity contribution >= 4 is 29.1 Å². The summed E-state index contributed by atoms with van der Waals surface area (Å²) in [5, 5.41) is 5.46. The molecule has 4 rings (SSSR count). The Balaban J connectivity index is 1.39. The third-order valence-corrected chi connectivity index (χ3v) is 6.12. The van der Waals surface area contributed by atoms with E-state index in [-0.39, 0.29) is 11.3 Å². The first-order valence-corrected chi connectivity index (χ1v) is 10.7. The van der Waals surface area contributed by atoms with Gasteiger partial charge in [0, 0.05) is 49.5 Å². The molecule has 2 saturated heterocycles. The molecule has 31 heavy (non-hydrogen) atoms. The maximum atomic E-state index is 12.5. The lowest BCUT2D eigenvalue weighted by Gasteiger charge is -2.37. The number of hydrogen-bond acceptors (Lipinski definition) is 4. The van der Waals surface area contributed by atoms with Crippen LogP contribution >= 0.6 is 0 Å². The smallest absolute Gasteiger partial charge is 0.313 e. The number of nitrogens with zero attached hydrogens (tertiary/aromatic N) is 1. The van der Waals surface area contributed by atoms with E-state index in [4.69, 9.17) is 4.74 Å². The number of rotatable bonds is 5. The summed E-state index contributed by atoms with van der Waals surface area (Å²) in [5.74, 6) is -1.33. The Labute approximate surface area is 181 Å². The summed E-state index contributed by atoms with van der Waals surface area (Å²) in [7, 11) is 0. The fourth-order valence-corrected chi connectivity index (χ4v) is 4.31. The van der Waals surface area contributed by atoms with Crippen LogP contribution in [-0.2, 0) is 24.5 Å². The zero-order valence-corrected chi connectivity index (χ0v) is 17.4. The summed E-state index contributed by atoms with van der Waals surface area (Å²) in [6.07, 6.45) is 2.93. The van der Waals surface area contributed by atoms with Gasteiger partial charge in [-0.3, -0.25) is 14.4 Å². The normalized spacial score (nSPS) is 17.9. The molecule has 2 heterocycles. The molecule has 3 amide bonds. The predicted molar refractivity (Wildman–Crippen MR) is 118 cm³/mol. The summed E-state index contributed by atoms with van der Waals surface area (Å²) in [5.41, 5.74) is 2.11. The predicted octanol–water partition coefficient (Wildman–Crippen LogP) is 2.62. The summed E-state index contributed by atoms with van der Waals surface area (Å²) >= 11 is 0. The van der Waals surface area contributed by atoms with Gasteiger partial charge in [-0.15, -0.1) is 0 Å². The lowest BCUT2D eigenvalue weighted by molar-refractivity contribution is -0.136. The molecule has 0 radical (unpaired) electrons. The maximum absolute atomic E-state index is 12.5. The molecule has 7 nitrogen and oxygen atoms in total. The second-order valence-electron chi connectivity index (χ2n) is 8.09. The van der Waals surface area contributed by atoms with Crippen molar-refractivity contribution in [2.24, 2.45) is 0 Å². The Hall–Kier alpha value is -3.19. The molecule has 0 spiro atoms. The van der Waals surface area contributed by atoms with E-state index in [1.807, 2.05) is 24.3 Å². The van der Waals surface area contributed by atoms with Crippen LogP contribution in [0.3, 0.4) is 0 Å².